The zero-order chi connectivity index (χ0) is 14.9. The number of halogens is 3. The zero-order valence-electron chi connectivity index (χ0n) is 10.2. The van der Waals surface area contributed by atoms with Gasteiger partial charge in [0.05, 0.1) is 21.0 Å². The molecular weight excluding hydrogens is 327 g/mol. The zero-order valence-corrected chi connectivity index (χ0v) is 12.5. The van der Waals surface area contributed by atoms with Gasteiger partial charge in [-0.05, 0) is 12.8 Å². The molecule has 1 aromatic heterocycles. The van der Waals surface area contributed by atoms with E-state index in [1.54, 1.807) is 0 Å². The molecule has 0 spiro atoms. The van der Waals surface area contributed by atoms with Crippen molar-refractivity contribution in [3.63, 3.8) is 0 Å². The molecule has 1 fully saturated rings. The molecule has 2 N–H and O–H groups in total. The molecule has 0 saturated heterocycles. The van der Waals surface area contributed by atoms with E-state index in [-0.39, 0.29) is 20.8 Å². The van der Waals surface area contributed by atoms with Gasteiger partial charge in [-0.3, -0.25) is 9.59 Å². The van der Waals surface area contributed by atoms with Crippen molar-refractivity contribution >= 4 is 46.7 Å². The Bertz CT molecular complexity index is 565. The Kier molecular flexibility index (Phi) is 4.73. The number of aliphatic carboxylic acids is 1. The van der Waals surface area contributed by atoms with Gasteiger partial charge < -0.3 is 10.4 Å². The van der Waals surface area contributed by atoms with Gasteiger partial charge in [0.15, 0.2) is 0 Å². The molecule has 1 saturated carbocycles. The SMILES string of the molecule is O=C(NC1CCCC1C(=O)O)c1ncc(Cl)c(Cl)c1Cl. The molecule has 1 heterocycles. The molecule has 0 aromatic carbocycles. The van der Waals surface area contributed by atoms with Crippen molar-refractivity contribution in [2.45, 2.75) is 25.3 Å². The Morgan fingerprint density at radius 1 is 1.25 bits per heavy atom. The Morgan fingerprint density at radius 3 is 2.60 bits per heavy atom. The van der Waals surface area contributed by atoms with E-state index in [0.29, 0.717) is 12.8 Å². The number of carbonyl (C=O) groups is 2. The molecule has 1 aliphatic rings. The molecule has 1 aliphatic carbocycles. The maximum absolute atomic E-state index is 12.1. The largest absolute Gasteiger partial charge is 0.481 e. The number of carbonyl (C=O) groups excluding carboxylic acids is 1. The van der Waals surface area contributed by atoms with Crippen LogP contribution in [0.2, 0.25) is 15.1 Å². The van der Waals surface area contributed by atoms with Gasteiger partial charge in [0, 0.05) is 12.2 Å². The summed E-state index contributed by atoms with van der Waals surface area (Å²) in [4.78, 5) is 27.0. The van der Waals surface area contributed by atoms with E-state index in [4.69, 9.17) is 39.9 Å². The van der Waals surface area contributed by atoms with Crippen molar-refractivity contribution < 1.29 is 14.7 Å². The molecule has 20 heavy (non-hydrogen) atoms. The van der Waals surface area contributed by atoms with Gasteiger partial charge in [0.2, 0.25) is 0 Å². The minimum Gasteiger partial charge on any atom is -0.481 e. The van der Waals surface area contributed by atoms with Crippen molar-refractivity contribution in [2.24, 2.45) is 5.92 Å². The van der Waals surface area contributed by atoms with Crippen LogP contribution in [0.5, 0.6) is 0 Å². The number of hydrogen-bond donors (Lipinski definition) is 2. The third-order valence-electron chi connectivity index (χ3n) is 3.28. The normalized spacial score (nSPS) is 21.8. The maximum atomic E-state index is 12.1. The van der Waals surface area contributed by atoms with E-state index in [9.17, 15) is 9.59 Å². The van der Waals surface area contributed by atoms with E-state index < -0.39 is 23.8 Å². The van der Waals surface area contributed by atoms with Crippen molar-refractivity contribution in [3.8, 4) is 0 Å². The van der Waals surface area contributed by atoms with Gasteiger partial charge in [-0.1, -0.05) is 41.2 Å². The van der Waals surface area contributed by atoms with Gasteiger partial charge in [-0.2, -0.15) is 0 Å². The fraction of sp³-hybridized carbons (Fsp3) is 0.417. The summed E-state index contributed by atoms with van der Waals surface area (Å²) in [6.45, 7) is 0. The second kappa shape index (κ2) is 6.16. The third-order valence-corrected chi connectivity index (χ3v) is 4.52. The second-order valence-electron chi connectivity index (χ2n) is 4.54. The average molecular weight is 338 g/mol. The van der Waals surface area contributed by atoms with E-state index in [1.807, 2.05) is 0 Å². The number of nitrogens with one attached hydrogen (secondary N) is 1. The summed E-state index contributed by atoms with van der Waals surface area (Å²) in [5, 5.41) is 11.9. The molecule has 108 valence electrons. The number of rotatable bonds is 3. The van der Waals surface area contributed by atoms with Gasteiger partial charge >= 0.3 is 5.97 Å². The van der Waals surface area contributed by atoms with E-state index in [2.05, 4.69) is 10.3 Å². The quantitative estimate of drug-likeness (QED) is 0.888. The monoisotopic (exact) mass is 336 g/mol. The highest BCUT2D eigenvalue weighted by atomic mass is 35.5. The number of carboxylic acid groups (broad SMARTS) is 1. The molecule has 8 heteroatoms. The van der Waals surface area contributed by atoms with Crippen molar-refractivity contribution in [3.05, 3.63) is 27.0 Å². The van der Waals surface area contributed by atoms with Crippen LogP contribution >= 0.6 is 34.8 Å². The van der Waals surface area contributed by atoms with Gasteiger partial charge in [-0.25, -0.2) is 4.98 Å². The number of aromatic nitrogens is 1. The number of nitrogens with zero attached hydrogens (tertiary/aromatic N) is 1. The van der Waals surface area contributed by atoms with E-state index in [1.165, 1.54) is 6.20 Å². The predicted octanol–water partition coefficient (Wildman–Crippen LogP) is 3.02. The van der Waals surface area contributed by atoms with Crippen LogP contribution in [-0.2, 0) is 4.79 Å². The van der Waals surface area contributed by atoms with Crippen molar-refractivity contribution in [1.29, 1.82) is 0 Å². The lowest BCUT2D eigenvalue weighted by atomic mass is 10.0. The molecule has 0 radical (unpaired) electrons. The highest BCUT2D eigenvalue weighted by Crippen LogP contribution is 2.32. The fourth-order valence-corrected chi connectivity index (χ4v) is 2.83. The molecular formula is C12H11Cl3N2O3. The Morgan fingerprint density at radius 2 is 1.95 bits per heavy atom. The first-order chi connectivity index (χ1) is 9.41. The van der Waals surface area contributed by atoms with Crippen LogP contribution in [0.25, 0.3) is 0 Å². The molecule has 0 bridgehead atoms. The summed E-state index contributed by atoms with van der Waals surface area (Å²) in [5.41, 5.74) is -0.0582. The second-order valence-corrected chi connectivity index (χ2v) is 5.70. The number of pyridine rings is 1. The van der Waals surface area contributed by atoms with E-state index in [0.717, 1.165) is 6.42 Å². The molecule has 2 atom stereocenters. The summed E-state index contributed by atoms with van der Waals surface area (Å²) >= 11 is 17.5. The van der Waals surface area contributed by atoms with Crippen LogP contribution in [-0.4, -0.2) is 28.0 Å². The van der Waals surface area contributed by atoms with Crippen LogP contribution in [0.3, 0.4) is 0 Å². The number of amides is 1. The minimum absolute atomic E-state index is 0.0402. The maximum Gasteiger partial charge on any atom is 0.308 e. The van der Waals surface area contributed by atoms with Crippen LogP contribution in [0.1, 0.15) is 29.8 Å². The lowest BCUT2D eigenvalue weighted by Crippen LogP contribution is -2.40. The van der Waals surface area contributed by atoms with Gasteiger partial charge in [0.1, 0.15) is 5.69 Å². The number of carboxylic acids is 1. The van der Waals surface area contributed by atoms with Gasteiger partial charge in [0.25, 0.3) is 5.91 Å². The third kappa shape index (κ3) is 3.00. The van der Waals surface area contributed by atoms with Gasteiger partial charge in [-0.15, -0.1) is 0 Å². The molecule has 5 nitrogen and oxygen atoms in total. The topological polar surface area (TPSA) is 79.3 Å². The Hall–Kier alpha value is -1.04. The Labute approximate surface area is 130 Å². The van der Waals surface area contributed by atoms with Crippen LogP contribution in [0.4, 0.5) is 0 Å². The predicted molar refractivity (Wildman–Crippen MR) is 75.5 cm³/mol. The highest BCUT2D eigenvalue weighted by Gasteiger charge is 2.34. The molecule has 2 rings (SSSR count). The lowest BCUT2D eigenvalue weighted by Gasteiger charge is -2.17. The number of hydrogen-bond acceptors (Lipinski definition) is 3. The van der Waals surface area contributed by atoms with Crippen LogP contribution in [0.15, 0.2) is 6.20 Å². The van der Waals surface area contributed by atoms with Crippen LogP contribution in [0, 0.1) is 5.92 Å². The first-order valence-electron chi connectivity index (χ1n) is 5.95. The average Bonchev–Trinajstić information content (AvgIpc) is 2.84. The summed E-state index contributed by atoms with van der Waals surface area (Å²) < 4.78 is 0. The molecule has 0 aliphatic heterocycles. The highest BCUT2D eigenvalue weighted by molar-refractivity contribution is 6.48. The van der Waals surface area contributed by atoms with Crippen molar-refractivity contribution in [1.82, 2.24) is 10.3 Å². The molecule has 1 amide bonds. The first-order valence-corrected chi connectivity index (χ1v) is 7.08. The fourth-order valence-electron chi connectivity index (χ4n) is 2.27. The van der Waals surface area contributed by atoms with Crippen LogP contribution < -0.4 is 5.32 Å². The summed E-state index contributed by atoms with van der Waals surface area (Å²) in [6, 6.07) is -0.424. The summed E-state index contributed by atoms with van der Waals surface area (Å²) in [6.07, 6.45) is 3.14. The minimum atomic E-state index is -0.916. The van der Waals surface area contributed by atoms with E-state index >= 15 is 0 Å². The lowest BCUT2D eigenvalue weighted by molar-refractivity contribution is -0.142. The molecule has 2 unspecified atom stereocenters. The standard InChI is InChI=1S/C12H11Cl3N2O3/c13-6-4-16-10(9(15)8(6)14)11(18)17-7-3-1-2-5(7)12(19)20/h4-5,7H,1-3H2,(H,17,18)(H,19,20). The summed E-state index contributed by atoms with van der Waals surface area (Å²) in [5.74, 6) is -2.05. The summed E-state index contributed by atoms with van der Waals surface area (Å²) in [7, 11) is 0. The van der Waals surface area contributed by atoms with Crippen molar-refractivity contribution in [2.75, 3.05) is 0 Å². The molecule has 1 aromatic rings. The first kappa shape index (κ1) is 15.4. The Balaban J connectivity index is 2.17. The smallest absolute Gasteiger partial charge is 0.308 e.